The normalized spacial score (nSPS) is 12.1. The fourth-order valence-corrected chi connectivity index (χ4v) is 2.45. The lowest BCUT2D eigenvalue weighted by atomic mass is 9.93. The van der Waals surface area contributed by atoms with E-state index in [9.17, 15) is 9.18 Å². The van der Waals surface area contributed by atoms with Crippen molar-refractivity contribution < 1.29 is 9.18 Å². The van der Waals surface area contributed by atoms with Crippen molar-refractivity contribution in [3.8, 4) is 0 Å². The highest BCUT2D eigenvalue weighted by atomic mass is 35.5. The summed E-state index contributed by atoms with van der Waals surface area (Å²) in [6.07, 6.45) is 0.418. The zero-order valence-electron chi connectivity index (χ0n) is 11.8. The molecule has 2 rings (SSSR count). The van der Waals surface area contributed by atoms with Gasteiger partial charge in [0, 0.05) is 18.5 Å². The summed E-state index contributed by atoms with van der Waals surface area (Å²) in [6.45, 7) is 1.97. The van der Waals surface area contributed by atoms with Gasteiger partial charge in [0.25, 0.3) is 0 Å². The first-order valence-corrected chi connectivity index (χ1v) is 7.15. The average molecular weight is 306 g/mol. The minimum absolute atomic E-state index is 0.0134. The van der Waals surface area contributed by atoms with Crippen molar-refractivity contribution in [3.05, 3.63) is 64.4 Å². The lowest BCUT2D eigenvalue weighted by Gasteiger charge is -2.12. The van der Waals surface area contributed by atoms with Crippen LogP contribution in [0.1, 0.15) is 30.4 Å². The van der Waals surface area contributed by atoms with Crippen LogP contribution >= 0.6 is 11.6 Å². The number of ketones is 1. The molecule has 1 unspecified atom stereocenters. The number of hydrogen-bond acceptors (Lipinski definition) is 2. The minimum atomic E-state index is -0.507. The summed E-state index contributed by atoms with van der Waals surface area (Å²) in [6, 6.07) is 12.2. The SMILES string of the molecule is CC(CC(=O)Cc1cccc(Cl)c1F)c1ccc(N)cc1. The molecule has 0 heterocycles. The average Bonchev–Trinajstić information content (AvgIpc) is 2.44. The van der Waals surface area contributed by atoms with Crippen LogP contribution in [0.3, 0.4) is 0 Å². The van der Waals surface area contributed by atoms with E-state index in [1.165, 1.54) is 6.07 Å². The zero-order valence-corrected chi connectivity index (χ0v) is 12.5. The first-order chi connectivity index (χ1) is 9.97. The Labute approximate surface area is 128 Å². The van der Waals surface area contributed by atoms with Gasteiger partial charge in [0.05, 0.1) is 5.02 Å². The van der Waals surface area contributed by atoms with Crippen LogP contribution in [0.2, 0.25) is 5.02 Å². The van der Waals surface area contributed by atoms with E-state index >= 15 is 0 Å². The monoisotopic (exact) mass is 305 g/mol. The van der Waals surface area contributed by atoms with Crippen molar-refractivity contribution >= 4 is 23.1 Å². The number of carbonyl (C=O) groups is 1. The van der Waals surface area contributed by atoms with E-state index in [0.29, 0.717) is 17.7 Å². The second kappa shape index (κ2) is 6.72. The molecular formula is C17H17ClFNO. The zero-order chi connectivity index (χ0) is 15.4. The molecule has 1 atom stereocenters. The van der Waals surface area contributed by atoms with Gasteiger partial charge >= 0.3 is 0 Å². The summed E-state index contributed by atoms with van der Waals surface area (Å²) >= 11 is 5.72. The predicted octanol–water partition coefficient (Wildman–Crippen LogP) is 4.37. The topological polar surface area (TPSA) is 43.1 Å². The molecule has 2 nitrogen and oxygen atoms in total. The Morgan fingerprint density at radius 1 is 1.24 bits per heavy atom. The summed E-state index contributed by atoms with van der Waals surface area (Å²) in [7, 11) is 0. The Kier molecular flexibility index (Phi) is 4.97. The summed E-state index contributed by atoms with van der Waals surface area (Å²) in [5.41, 5.74) is 7.72. The second-order valence-corrected chi connectivity index (χ2v) is 5.61. The molecule has 0 bridgehead atoms. The molecule has 0 radical (unpaired) electrons. The third-order valence-electron chi connectivity index (χ3n) is 3.46. The Hall–Kier alpha value is -1.87. The number of nitrogen functional groups attached to an aromatic ring is 1. The van der Waals surface area contributed by atoms with E-state index < -0.39 is 5.82 Å². The molecule has 110 valence electrons. The first kappa shape index (κ1) is 15.5. The van der Waals surface area contributed by atoms with Crippen LogP contribution in [0.25, 0.3) is 0 Å². The molecule has 4 heteroatoms. The Morgan fingerprint density at radius 3 is 2.57 bits per heavy atom. The van der Waals surface area contributed by atoms with Gasteiger partial charge in [0.2, 0.25) is 0 Å². The molecular weight excluding hydrogens is 289 g/mol. The highest BCUT2D eigenvalue weighted by molar-refractivity contribution is 6.30. The maximum Gasteiger partial charge on any atom is 0.145 e. The van der Waals surface area contributed by atoms with Crippen molar-refractivity contribution in [2.24, 2.45) is 0 Å². The van der Waals surface area contributed by atoms with Gasteiger partial charge in [-0.15, -0.1) is 0 Å². The largest absolute Gasteiger partial charge is 0.399 e. The van der Waals surface area contributed by atoms with Crippen LogP contribution in [0, 0.1) is 5.82 Å². The second-order valence-electron chi connectivity index (χ2n) is 5.20. The van der Waals surface area contributed by atoms with Crippen molar-refractivity contribution in [3.63, 3.8) is 0 Å². The summed E-state index contributed by atoms with van der Waals surface area (Å²) in [4.78, 5) is 12.1. The molecule has 2 aromatic carbocycles. The summed E-state index contributed by atoms with van der Waals surface area (Å²) in [5.74, 6) is -0.450. The fraction of sp³-hybridized carbons (Fsp3) is 0.235. The lowest BCUT2D eigenvalue weighted by molar-refractivity contribution is -0.118. The van der Waals surface area contributed by atoms with E-state index in [1.807, 2.05) is 31.2 Å². The molecule has 2 aromatic rings. The number of nitrogens with two attached hydrogens (primary N) is 1. The van der Waals surface area contributed by atoms with Gasteiger partial charge < -0.3 is 5.73 Å². The highest BCUT2D eigenvalue weighted by Crippen LogP contribution is 2.23. The number of hydrogen-bond donors (Lipinski definition) is 1. The molecule has 0 aromatic heterocycles. The van der Waals surface area contributed by atoms with Gasteiger partial charge in [-0.1, -0.05) is 42.8 Å². The molecule has 21 heavy (non-hydrogen) atoms. The highest BCUT2D eigenvalue weighted by Gasteiger charge is 2.14. The van der Waals surface area contributed by atoms with E-state index in [-0.39, 0.29) is 23.1 Å². The number of carbonyl (C=O) groups excluding carboxylic acids is 1. The van der Waals surface area contributed by atoms with Gasteiger partial charge in [-0.2, -0.15) is 0 Å². The standard InChI is InChI=1S/C17H17ClFNO/c1-11(12-5-7-14(20)8-6-12)9-15(21)10-13-3-2-4-16(18)17(13)19/h2-8,11H,9-10,20H2,1H3. The molecule has 0 aliphatic heterocycles. The van der Waals surface area contributed by atoms with Crippen LogP contribution in [-0.2, 0) is 11.2 Å². The molecule has 0 saturated heterocycles. The van der Waals surface area contributed by atoms with Crippen molar-refractivity contribution in [1.82, 2.24) is 0 Å². The summed E-state index contributed by atoms with van der Waals surface area (Å²) < 4.78 is 13.8. The summed E-state index contributed by atoms with van der Waals surface area (Å²) in [5, 5.41) is 0.0480. The van der Waals surface area contributed by atoms with Crippen molar-refractivity contribution in [1.29, 1.82) is 0 Å². The lowest BCUT2D eigenvalue weighted by Crippen LogP contribution is -2.09. The number of halogens is 2. The minimum Gasteiger partial charge on any atom is -0.399 e. The van der Waals surface area contributed by atoms with Crippen molar-refractivity contribution in [2.75, 3.05) is 5.73 Å². The van der Waals surface area contributed by atoms with Crippen LogP contribution in [0.15, 0.2) is 42.5 Å². The Bertz CT molecular complexity index is 640. The molecule has 0 aliphatic rings. The van der Waals surface area contributed by atoms with Crippen LogP contribution in [0.5, 0.6) is 0 Å². The maximum absolute atomic E-state index is 13.8. The van der Waals surface area contributed by atoms with Crippen molar-refractivity contribution in [2.45, 2.75) is 25.7 Å². The smallest absolute Gasteiger partial charge is 0.145 e. The number of benzene rings is 2. The molecule has 0 amide bonds. The van der Waals surface area contributed by atoms with Gasteiger partial charge in [0.1, 0.15) is 11.6 Å². The van der Waals surface area contributed by atoms with Crippen LogP contribution in [0.4, 0.5) is 10.1 Å². The number of anilines is 1. The number of Topliss-reactive ketones (excluding diaryl/α,β-unsaturated/α-hetero) is 1. The first-order valence-electron chi connectivity index (χ1n) is 6.77. The fourth-order valence-electron chi connectivity index (χ4n) is 2.25. The van der Waals surface area contributed by atoms with E-state index in [1.54, 1.807) is 12.1 Å². The van der Waals surface area contributed by atoms with Gasteiger partial charge in [-0.25, -0.2) is 4.39 Å². The quantitative estimate of drug-likeness (QED) is 0.834. The molecule has 0 saturated carbocycles. The van der Waals surface area contributed by atoms with E-state index in [0.717, 1.165) is 5.56 Å². The predicted molar refractivity (Wildman–Crippen MR) is 84.0 cm³/mol. The van der Waals surface area contributed by atoms with E-state index in [2.05, 4.69) is 0 Å². The molecule has 2 N–H and O–H groups in total. The van der Waals surface area contributed by atoms with Crippen LogP contribution in [-0.4, -0.2) is 5.78 Å². The third kappa shape index (κ3) is 4.05. The van der Waals surface area contributed by atoms with E-state index in [4.69, 9.17) is 17.3 Å². The number of rotatable bonds is 5. The molecule has 0 spiro atoms. The van der Waals surface area contributed by atoms with Crippen LogP contribution < -0.4 is 5.73 Å². The third-order valence-corrected chi connectivity index (χ3v) is 3.75. The molecule has 0 aliphatic carbocycles. The molecule has 0 fully saturated rings. The van der Waals surface area contributed by atoms with Gasteiger partial charge in [0.15, 0.2) is 0 Å². The Balaban J connectivity index is 2.01. The van der Waals surface area contributed by atoms with Gasteiger partial charge in [-0.3, -0.25) is 4.79 Å². The van der Waals surface area contributed by atoms with Gasteiger partial charge in [-0.05, 0) is 35.2 Å². The Morgan fingerprint density at radius 2 is 1.90 bits per heavy atom. The maximum atomic E-state index is 13.8.